The van der Waals surface area contributed by atoms with Gasteiger partial charge < -0.3 is 20.1 Å². The van der Waals surface area contributed by atoms with E-state index in [2.05, 4.69) is 15.6 Å². The number of allylic oxidation sites excluding steroid dienone is 1. The highest BCUT2D eigenvalue weighted by Crippen LogP contribution is 2.28. The molecule has 2 aromatic rings. The summed E-state index contributed by atoms with van der Waals surface area (Å²) in [6, 6.07) is 9.00. The van der Waals surface area contributed by atoms with Gasteiger partial charge in [0.25, 0.3) is 0 Å². The lowest BCUT2D eigenvalue weighted by molar-refractivity contribution is -0.139. The SMILES string of the molecule is CCOC(=O)C1=C(C)NC(=O)NC1c1ccc(OC(=O)/C=C/c2ccncc2)cc1. The zero-order valence-corrected chi connectivity index (χ0v) is 16.5. The molecule has 2 amide bonds. The molecule has 0 fully saturated rings. The van der Waals surface area contributed by atoms with Crippen LogP contribution >= 0.6 is 0 Å². The molecule has 0 spiro atoms. The first-order chi connectivity index (χ1) is 14.5. The fourth-order valence-electron chi connectivity index (χ4n) is 2.94. The number of benzene rings is 1. The lowest BCUT2D eigenvalue weighted by Crippen LogP contribution is -2.45. The van der Waals surface area contributed by atoms with Gasteiger partial charge in [-0.1, -0.05) is 12.1 Å². The zero-order valence-electron chi connectivity index (χ0n) is 16.5. The Labute approximate surface area is 173 Å². The highest BCUT2D eigenvalue weighted by Gasteiger charge is 2.32. The number of ether oxygens (including phenoxy) is 2. The summed E-state index contributed by atoms with van der Waals surface area (Å²) in [5.41, 5.74) is 2.23. The predicted octanol–water partition coefficient (Wildman–Crippen LogP) is 2.89. The topological polar surface area (TPSA) is 107 Å². The number of esters is 2. The second-order valence-electron chi connectivity index (χ2n) is 6.39. The Balaban J connectivity index is 1.73. The third-order valence-electron chi connectivity index (χ3n) is 4.31. The molecule has 1 aliphatic rings. The number of rotatable bonds is 6. The third-order valence-corrected chi connectivity index (χ3v) is 4.31. The van der Waals surface area contributed by atoms with Gasteiger partial charge in [-0.15, -0.1) is 0 Å². The van der Waals surface area contributed by atoms with Gasteiger partial charge in [0.1, 0.15) is 5.75 Å². The lowest BCUT2D eigenvalue weighted by atomic mass is 9.95. The normalized spacial score (nSPS) is 16.1. The number of nitrogens with zero attached hydrogens (tertiary/aromatic N) is 1. The Morgan fingerprint density at radius 3 is 2.50 bits per heavy atom. The number of pyridine rings is 1. The van der Waals surface area contributed by atoms with Gasteiger partial charge in [-0.2, -0.15) is 0 Å². The van der Waals surface area contributed by atoms with E-state index in [1.807, 2.05) is 0 Å². The molecule has 1 aliphatic heterocycles. The summed E-state index contributed by atoms with van der Waals surface area (Å²) >= 11 is 0. The molecule has 154 valence electrons. The minimum Gasteiger partial charge on any atom is -0.463 e. The molecule has 30 heavy (non-hydrogen) atoms. The van der Waals surface area contributed by atoms with Gasteiger partial charge in [0.15, 0.2) is 0 Å². The van der Waals surface area contributed by atoms with Crippen molar-refractivity contribution in [3.05, 3.63) is 77.3 Å². The van der Waals surface area contributed by atoms with Crippen molar-refractivity contribution in [1.82, 2.24) is 15.6 Å². The van der Waals surface area contributed by atoms with E-state index >= 15 is 0 Å². The third kappa shape index (κ3) is 5.11. The van der Waals surface area contributed by atoms with Crippen LogP contribution in [-0.4, -0.2) is 29.6 Å². The van der Waals surface area contributed by atoms with E-state index in [1.165, 1.54) is 6.08 Å². The standard InChI is InChI=1S/C22H21N3O5/c1-3-29-21(27)19-14(2)24-22(28)25-20(19)16-5-7-17(8-6-16)30-18(26)9-4-15-10-12-23-13-11-15/h4-13,20H,3H2,1-2H3,(H2,24,25,28)/b9-4+. The van der Waals surface area contributed by atoms with Crippen LogP contribution in [0.2, 0.25) is 0 Å². The minimum absolute atomic E-state index is 0.220. The number of urea groups is 1. The fourth-order valence-corrected chi connectivity index (χ4v) is 2.94. The molecule has 1 aromatic heterocycles. The molecule has 1 aromatic carbocycles. The van der Waals surface area contributed by atoms with E-state index in [1.54, 1.807) is 68.7 Å². The Bertz CT molecular complexity index is 997. The molecule has 2 N–H and O–H groups in total. The van der Waals surface area contributed by atoms with Crippen molar-refractivity contribution in [2.75, 3.05) is 6.61 Å². The maximum absolute atomic E-state index is 12.3. The van der Waals surface area contributed by atoms with Crippen molar-refractivity contribution >= 4 is 24.0 Å². The molecular weight excluding hydrogens is 386 g/mol. The van der Waals surface area contributed by atoms with Crippen LogP contribution < -0.4 is 15.4 Å². The monoisotopic (exact) mass is 407 g/mol. The number of hydrogen-bond acceptors (Lipinski definition) is 6. The summed E-state index contributed by atoms with van der Waals surface area (Å²) in [6.07, 6.45) is 6.21. The second kappa shape index (κ2) is 9.51. The van der Waals surface area contributed by atoms with Crippen LogP contribution in [0.25, 0.3) is 6.08 Å². The van der Waals surface area contributed by atoms with E-state index in [0.717, 1.165) is 5.56 Å². The molecule has 0 radical (unpaired) electrons. The molecule has 1 unspecified atom stereocenters. The number of carbonyl (C=O) groups is 3. The van der Waals surface area contributed by atoms with Gasteiger partial charge in [0.05, 0.1) is 18.2 Å². The highest BCUT2D eigenvalue weighted by atomic mass is 16.5. The second-order valence-corrected chi connectivity index (χ2v) is 6.39. The van der Waals surface area contributed by atoms with Crippen molar-refractivity contribution in [1.29, 1.82) is 0 Å². The van der Waals surface area contributed by atoms with Crippen molar-refractivity contribution in [3.8, 4) is 5.75 Å². The van der Waals surface area contributed by atoms with Gasteiger partial charge >= 0.3 is 18.0 Å². The molecule has 8 nitrogen and oxygen atoms in total. The Kier molecular flexibility index (Phi) is 6.59. The largest absolute Gasteiger partial charge is 0.463 e. The Morgan fingerprint density at radius 1 is 1.13 bits per heavy atom. The van der Waals surface area contributed by atoms with Gasteiger partial charge in [0.2, 0.25) is 0 Å². The van der Waals surface area contributed by atoms with Gasteiger partial charge in [-0.25, -0.2) is 14.4 Å². The fraction of sp³-hybridized carbons (Fsp3) is 0.182. The first kappa shape index (κ1) is 20.8. The van der Waals surface area contributed by atoms with Crippen LogP contribution in [0, 0.1) is 0 Å². The summed E-state index contributed by atoms with van der Waals surface area (Å²) in [4.78, 5) is 40.2. The van der Waals surface area contributed by atoms with Crippen molar-refractivity contribution in [2.45, 2.75) is 19.9 Å². The number of aromatic nitrogens is 1. The number of nitrogens with one attached hydrogen (secondary N) is 2. The molecule has 0 saturated heterocycles. The highest BCUT2D eigenvalue weighted by molar-refractivity contribution is 5.95. The lowest BCUT2D eigenvalue weighted by Gasteiger charge is -2.28. The van der Waals surface area contributed by atoms with E-state index in [-0.39, 0.29) is 6.61 Å². The van der Waals surface area contributed by atoms with Crippen LogP contribution in [0.4, 0.5) is 4.79 Å². The summed E-state index contributed by atoms with van der Waals surface area (Å²) in [5, 5.41) is 5.30. The summed E-state index contributed by atoms with van der Waals surface area (Å²) in [6.45, 7) is 3.57. The zero-order chi connectivity index (χ0) is 21.5. The molecule has 8 heteroatoms. The van der Waals surface area contributed by atoms with Gasteiger partial charge in [-0.05, 0) is 55.3 Å². The number of amides is 2. The smallest absolute Gasteiger partial charge is 0.338 e. The molecule has 0 bridgehead atoms. The molecule has 1 atom stereocenters. The van der Waals surface area contributed by atoms with E-state index in [4.69, 9.17) is 9.47 Å². The summed E-state index contributed by atoms with van der Waals surface area (Å²) in [5.74, 6) is -0.705. The Hall–Kier alpha value is -3.94. The van der Waals surface area contributed by atoms with Crippen molar-refractivity contribution in [2.24, 2.45) is 0 Å². The minimum atomic E-state index is -0.672. The van der Waals surface area contributed by atoms with Gasteiger partial charge in [0, 0.05) is 24.2 Å². The van der Waals surface area contributed by atoms with E-state index < -0.39 is 24.0 Å². The predicted molar refractivity (Wildman–Crippen MR) is 109 cm³/mol. The molecule has 0 saturated carbocycles. The van der Waals surface area contributed by atoms with E-state index in [0.29, 0.717) is 22.6 Å². The molecular formula is C22H21N3O5. The summed E-state index contributed by atoms with van der Waals surface area (Å²) < 4.78 is 10.4. The quantitative estimate of drug-likeness (QED) is 0.433. The Morgan fingerprint density at radius 2 is 1.83 bits per heavy atom. The van der Waals surface area contributed by atoms with Crippen LogP contribution in [-0.2, 0) is 14.3 Å². The molecule has 2 heterocycles. The van der Waals surface area contributed by atoms with E-state index in [9.17, 15) is 14.4 Å². The van der Waals surface area contributed by atoms with Crippen LogP contribution in [0.15, 0.2) is 66.1 Å². The number of hydrogen-bond donors (Lipinski definition) is 2. The first-order valence-electron chi connectivity index (χ1n) is 9.33. The van der Waals surface area contributed by atoms with Crippen LogP contribution in [0.1, 0.15) is 31.0 Å². The maximum atomic E-state index is 12.3. The number of carbonyl (C=O) groups excluding carboxylic acids is 3. The van der Waals surface area contributed by atoms with Crippen molar-refractivity contribution < 1.29 is 23.9 Å². The van der Waals surface area contributed by atoms with Crippen molar-refractivity contribution in [3.63, 3.8) is 0 Å². The first-order valence-corrected chi connectivity index (χ1v) is 9.33. The average Bonchev–Trinajstić information content (AvgIpc) is 2.73. The molecule has 3 rings (SSSR count). The summed E-state index contributed by atoms with van der Waals surface area (Å²) in [7, 11) is 0. The average molecular weight is 407 g/mol. The maximum Gasteiger partial charge on any atom is 0.338 e. The molecule has 0 aliphatic carbocycles. The van der Waals surface area contributed by atoms with Gasteiger partial charge in [-0.3, -0.25) is 4.98 Å². The van der Waals surface area contributed by atoms with Crippen LogP contribution in [0.5, 0.6) is 5.75 Å². The van der Waals surface area contributed by atoms with Crippen LogP contribution in [0.3, 0.4) is 0 Å².